The maximum Gasteiger partial charge on any atom is 0.269 e. The Bertz CT molecular complexity index is 1020. The molecule has 1 N–H and O–H groups in total. The van der Waals surface area contributed by atoms with Crippen LogP contribution in [0.25, 0.3) is 0 Å². The van der Waals surface area contributed by atoms with Gasteiger partial charge in [0, 0.05) is 12.7 Å². The number of aryl methyl sites for hydroxylation is 1. The molecule has 9 heteroatoms. The molecule has 0 spiro atoms. The van der Waals surface area contributed by atoms with E-state index in [9.17, 15) is 13.2 Å². The van der Waals surface area contributed by atoms with Gasteiger partial charge < -0.3 is 5.32 Å². The summed E-state index contributed by atoms with van der Waals surface area (Å²) in [7, 11) is -2.18. The van der Waals surface area contributed by atoms with E-state index in [-0.39, 0.29) is 10.8 Å². The van der Waals surface area contributed by atoms with Crippen molar-refractivity contribution in [3.8, 4) is 0 Å². The molecule has 0 atom stereocenters. The number of aromatic nitrogens is 2. The van der Waals surface area contributed by atoms with E-state index >= 15 is 0 Å². The minimum atomic E-state index is -3.68. The molecule has 0 fully saturated rings. The molecule has 1 heterocycles. The predicted molar refractivity (Wildman–Crippen MR) is 101 cm³/mol. The molecule has 1 amide bonds. The monoisotopic (exact) mass is 388 g/mol. The Labute approximate surface area is 155 Å². The number of carbonyl (C=O) groups is 1. The van der Waals surface area contributed by atoms with Crippen molar-refractivity contribution in [3.05, 3.63) is 65.2 Å². The Hall–Kier alpha value is -2.78. The van der Waals surface area contributed by atoms with E-state index in [1.165, 1.54) is 23.5 Å². The topological polar surface area (TPSA) is 92.3 Å². The number of para-hydroxylation sites is 1. The molecule has 0 aliphatic heterocycles. The second-order valence-corrected chi connectivity index (χ2v) is 8.20. The van der Waals surface area contributed by atoms with Gasteiger partial charge >= 0.3 is 0 Å². The summed E-state index contributed by atoms with van der Waals surface area (Å²) in [6, 6.07) is 14.8. The number of nitrogens with zero attached hydrogens (tertiary/aromatic N) is 3. The van der Waals surface area contributed by atoms with Gasteiger partial charge in [0.15, 0.2) is 0 Å². The summed E-state index contributed by atoms with van der Waals surface area (Å²) < 4.78 is 30.4. The van der Waals surface area contributed by atoms with Crippen LogP contribution in [0.3, 0.4) is 0 Å². The first-order chi connectivity index (χ1) is 12.4. The Balaban J connectivity index is 1.79. The van der Waals surface area contributed by atoms with Crippen LogP contribution in [0.5, 0.6) is 0 Å². The summed E-state index contributed by atoms with van der Waals surface area (Å²) in [5.74, 6) is -0.325. The van der Waals surface area contributed by atoms with Crippen LogP contribution < -0.4 is 9.62 Å². The quantitative estimate of drug-likeness (QED) is 0.725. The maximum atomic E-state index is 12.7. The number of rotatable bonds is 5. The van der Waals surface area contributed by atoms with Crippen molar-refractivity contribution in [3.63, 3.8) is 0 Å². The van der Waals surface area contributed by atoms with Gasteiger partial charge in [0.1, 0.15) is 4.88 Å². The molecule has 0 bridgehead atoms. The zero-order valence-electron chi connectivity index (χ0n) is 14.1. The number of hydrogen-bond acceptors (Lipinski definition) is 6. The molecule has 0 saturated carbocycles. The molecule has 7 nitrogen and oxygen atoms in total. The van der Waals surface area contributed by atoms with E-state index in [1.54, 1.807) is 43.3 Å². The summed E-state index contributed by atoms with van der Waals surface area (Å²) in [4.78, 5) is 12.7. The van der Waals surface area contributed by atoms with Gasteiger partial charge in [-0.1, -0.05) is 22.7 Å². The lowest BCUT2D eigenvalue weighted by atomic mass is 10.3. The van der Waals surface area contributed by atoms with Crippen molar-refractivity contribution in [2.75, 3.05) is 16.7 Å². The first-order valence-electron chi connectivity index (χ1n) is 7.64. The minimum Gasteiger partial charge on any atom is -0.321 e. The molecule has 2 aromatic carbocycles. The summed E-state index contributed by atoms with van der Waals surface area (Å²) in [5.41, 5.74) is 1.61. The van der Waals surface area contributed by atoms with Crippen molar-refractivity contribution in [2.45, 2.75) is 11.8 Å². The maximum absolute atomic E-state index is 12.7. The largest absolute Gasteiger partial charge is 0.321 e. The highest BCUT2D eigenvalue weighted by Gasteiger charge is 2.21. The van der Waals surface area contributed by atoms with E-state index in [0.717, 1.165) is 11.5 Å². The van der Waals surface area contributed by atoms with Gasteiger partial charge in [-0.15, -0.1) is 5.10 Å². The fourth-order valence-corrected chi connectivity index (χ4v) is 4.02. The Morgan fingerprint density at radius 3 is 2.31 bits per heavy atom. The van der Waals surface area contributed by atoms with Crippen molar-refractivity contribution in [2.24, 2.45) is 0 Å². The van der Waals surface area contributed by atoms with Crippen molar-refractivity contribution < 1.29 is 13.2 Å². The highest BCUT2D eigenvalue weighted by molar-refractivity contribution is 7.92. The number of carbonyl (C=O) groups excluding carboxylic acids is 1. The third-order valence-corrected chi connectivity index (χ3v) is 6.37. The molecule has 0 radical (unpaired) electrons. The van der Waals surface area contributed by atoms with Gasteiger partial charge in [-0.3, -0.25) is 9.10 Å². The van der Waals surface area contributed by atoms with E-state index in [1.807, 2.05) is 6.07 Å². The smallest absolute Gasteiger partial charge is 0.269 e. The number of amides is 1. The van der Waals surface area contributed by atoms with Crippen LogP contribution in [-0.2, 0) is 10.0 Å². The van der Waals surface area contributed by atoms with Crippen LogP contribution in [0.2, 0.25) is 0 Å². The van der Waals surface area contributed by atoms with Gasteiger partial charge in [-0.25, -0.2) is 8.42 Å². The SMILES string of the molecule is Cc1nnsc1C(=O)Nc1ccc(S(=O)(=O)N(C)c2ccccc2)cc1. The third kappa shape index (κ3) is 3.58. The number of benzene rings is 2. The number of hydrogen-bond donors (Lipinski definition) is 1. The first-order valence-corrected chi connectivity index (χ1v) is 9.85. The van der Waals surface area contributed by atoms with Crippen molar-refractivity contribution in [1.82, 2.24) is 9.59 Å². The second-order valence-electron chi connectivity index (χ2n) is 5.47. The van der Waals surface area contributed by atoms with E-state index in [0.29, 0.717) is 21.9 Å². The molecular weight excluding hydrogens is 372 g/mol. The van der Waals surface area contributed by atoms with Gasteiger partial charge in [0.25, 0.3) is 15.9 Å². The van der Waals surface area contributed by atoms with Crippen LogP contribution in [0, 0.1) is 6.92 Å². The van der Waals surface area contributed by atoms with Gasteiger partial charge in [0.2, 0.25) is 0 Å². The summed E-state index contributed by atoms with van der Waals surface area (Å²) >= 11 is 1.01. The number of sulfonamides is 1. The van der Waals surface area contributed by atoms with Gasteiger partial charge in [-0.2, -0.15) is 0 Å². The zero-order chi connectivity index (χ0) is 18.7. The lowest BCUT2D eigenvalue weighted by Crippen LogP contribution is -2.26. The Morgan fingerprint density at radius 1 is 1.08 bits per heavy atom. The minimum absolute atomic E-state index is 0.137. The highest BCUT2D eigenvalue weighted by atomic mass is 32.2. The van der Waals surface area contributed by atoms with Crippen molar-refractivity contribution >= 4 is 38.8 Å². The fraction of sp³-hybridized carbons (Fsp3) is 0.118. The molecule has 0 aliphatic carbocycles. The summed E-state index contributed by atoms with van der Waals surface area (Å²) in [6.07, 6.45) is 0. The zero-order valence-corrected chi connectivity index (χ0v) is 15.7. The molecule has 26 heavy (non-hydrogen) atoms. The lowest BCUT2D eigenvalue weighted by Gasteiger charge is -2.19. The summed E-state index contributed by atoms with van der Waals surface area (Å²) in [5, 5.41) is 6.50. The van der Waals surface area contributed by atoms with E-state index in [4.69, 9.17) is 0 Å². The average molecular weight is 388 g/mol. The molecule has 1 aromatic heterocycles. The normalized spacial score (nSPS) is 11.2. The first kappa shape index (κ1) is 18.0. The molecule has 134 valence electrons. The van der Waals surface area contributed by atoms with Gasteiger partial charge in [-0.05, 0) is 54.9 Å². The summed E-state index contributed by atoms with van der Waals surface area (Å²) in [6.45, 7) is 1.70. The average Bonchev–Trinajstić information content (AvgIpc) is 3.08. The Morgan fingerprint density at radius 2 is 1.73 bits per heavy atom. The third-order valence-electron chi connectivity index (χ3n) is 3.75. The van der Waals surface area contributed by atoms with E-state index < -0.39 is 10.0 Å². The van der Waals surface area contributed by atoms with E-state index in [2.05, 4.69) is 14.9 Å². The van der Waals surface area contributed by atoms with Crippen LogP contribution in [0.1, 0.15) is 15.4 Å². The molecule has 0 saturated heterocycles. The Kier molecular flexibility index (Phi) is 5.01. The number of nitrogens with one attached hydrogen (secondary N) is 1. The van der Waals surface area contributed by atoms with Gasteiger partial charge in [0.05, 0.1) is 16.3 Å². The van der Waals surface area contributed by atoms with Crippen molar-refractivity contribution in [1.29, 1.82) is 0 Å². The molecular formula is C17H16N4O3S2. The predicted octanol–water partition coefficient (Wildman–Crippen LogP) is 2.92. The second kappa shape index (κ2) is 7.22. The van der Waals surface area contributed by atoms with Crippen LogP contribution in [-0.4, -0.2) is 31.0 Å². The lowest BCUT2D eigenvalue weighted by molar-refractivity contribution is 0.103. The standard InChI is InChI=1S/C17H16N4O3S2/c1-12-16(25-20-19-12)17(22)18-13-8-10-15(11-9-13)26(23,24)21(2)14-6-4-3-5-7-14/h3-11H,1-2H3,(H,18,22). The van der Waals surface area contributed by atoms with Crippen LogP contribution >= 0.6 is 11.5 Å². The molecule has 3 rings (SSSR count). The molecule has 0 unspecified atom stereocenters. The number of anilines is 2. The molecule has 0 aliphatic rings. The van der Waals surface area contributed by atoms with Crippen LogP contribution in [0.4, 0.5) is 11.4 Å². The molecule has 3 aromatic rings. The van der Waals surface area contributed by atoms with Crippen LogP contribution in [0.15, 0.2) is 59.5 Å². The fourth-order valence-electron chi connectivity index (χ4n) is 2.27. The highest BCUT2D eigenvalue weighted by Crippen LogP contribution is 2.23.